The molecule has 1 atom stereocenters. The fourth-order valence-electron chi connectivity index (χ4n) is 3.03. The summed E-state index contributed by atoms with van der Waals surface area (Å²) in [5.41, 5.74) is 2.97. The van der Waals surface area contributed by atoms with Gasteiger partial charge in [0.2, 0.25) is 0 Å². The lowest BCUT2D eigenvalue weighted by Crippen LogP contribution is -2.20. The number of hydrogen-bond donors (Lipinski definition) is 1. The van der Waals surface area contributed by atoms with Crippen LogP contribution in [-0.4, -0.2) is 25.8 Å². The Hall–Kier alpha value is -2.62. The first kappa shape index (κ1) is 20.7. The van der Waals surface area contributed by atoms with Gasteiger partial charge in [-0.05, 0) is 46.9 Å². The highest BCUT2D eigenvalue weighted by Crippen LogP contribution is 2.30. The Kier molecular flexibility index (Phi) is 6.42. The number of carbonyl (C=O) groups is 2. The summed E-state index contributed by atoms with van der Waals surface area (Å²) in [6, 6.07) is 13.3. The molecule has 0 bridgehead atoms. The Balaban J connectivity index is 2.49. The largest absolute Gasteiger partial charge is 0.497 e. The quantitative estimate of drug-likeness (QED) is 0.744. The molecule has 0 radical (unpaired) electrons. The van der Waals surface area contributed by atoms with Crippen molar-refractivity contribution >= 4 is 11.7 Å². The number of methoxy groups -OCH3 is 1. The smallest absolute Gasteiger partial charge is 0.251 e. The first-order chi connectivity index (χ1) is 12.6. The van der Waals surface area contributed by atoms with Crippen LogP contribution in [0, 0.1) is 5.41 Å². The number of nitrogens with one attached hydrogen (secondary N) is 1. The highest BCUT2D eigenvalue weighted by Gasteiger charge is 2.21. The number of benzene rings is 2. The maximum absolute atomic E-state index is 12.8. The van der Waals surface area contributed by atoms with Crippen LogP contribution in [0.3, 0.4) is 0 Å². The second kappa shape index (κ2) is 8.38. The van der Waals surface area contributed by atoms with E-state index in [0.29, 0.717) is 17.5 Å². The van der Waals surface area contributed by atoms with E-state index < -0.39 is 0 Å². The molecule has 0 aromatic heterocycles. The molecule has 0 aliphatic rings. The van der Waals surface area contributed by atoms with E-state index in [1.54, 1.807) is 20.2 Å². The van der Waals surface area contributed by atoms with Crippen molar-refractivity contribution < 1.29 is 14.3 Å². The Morgan fingerprint density at radius 1 is 1.04 bits per heavy atom. The van der Waals surface area contributed by atoms with E-state index >= 15 is 0 Å². The van der Waals surface area contributed by atoms with Gasteiger partial charge in [-0.15, -0.1) is 0 Å². The number of rotatable bonds is 6. The Bertz CT molecular complexity index is 834. The first-order valence-corrected chi connectivity index (χ1v) is 9.19. The fourth-order valence-corrected chi connectivity index (χ4v) is 3.03. The van der Waals surface area contributed by atoms with Gasteiger partial charge in [-0.2, -0.15) is 0 Å². The van der Waals surface area contributed by atoms with Crippen LogP contribution >= 0.6 is 0 Å². The summed E-state index contributed by atoms with van der Waals surface area (Å²) in [6.45, 7) is 8.17. The monoisotopic (exact) mass is 367 g/mol. The summed E-state index contributed by atoms with van der Waals surface area (Å²) >= 11 is 0. The van der Waals surface area contributed by atoms with Crippen LogP contribution in [0.1, 0.15) is 71.9 Å². The number of amides is 1. The van der Waals surface area contributed by atoms with Gasteiger partial charge >= 0.3 is 0 Å². The molecule has 4 nitrogen and oxygen atoms in total. The minimum Gasteiger partial charge on any atom is -0.497 e. The molecular formula is C23H29NO3. The van der Waals surface area contributed by atoms with Gasteiger partial charge in [0.15, 0.2) is 5.78 Å². The molecule has 1 N–H and O–H groups in total. The maximum atomic E-state index is 12.8. The lowest BCUT2D eigenvalue weighted by molar-refractivity contribution is 0.0939. The highest BCUT2D eigenvalue weighted by molar-refractivity contribution is 6.01. The van der Waals surface area contributed by atoms with Gasteiger partial charge in [0.05, 0.1) is 7.11 Å². The van der Waals surface area contributed by atoms with Crippen LogP contribution in [0.25, 0.3) is 0 Å². The van der Waals surface area contributed by atoms with Crippen molar-refractivity contribution in [1.82, 2.24) is 5.32 Å². The Morgan fingerprint density at radius 2 is 1.70 bits per heavy atom. The van der Waals surface area contributed by atoms with Crippen molar-refractivity contribution in [1.29, 1.82) is 0 Å². The van der Waals surface area contributed by atoms with E-state index in [0.717, 1.165) is 16.9 Å². The predicted molar refractivity (Wildman–Crippen MR) is 109 cm³/mol. The number of Topliss-reactive ketones (excluding diaryl/α,β-unsaturated/α-hetero) is 1. The van der Waals surface area contributed by atoms with Gasteiger partial charge in [0, 0.05) is 30.5 Å². The van der Waals surface area contributed by atoms with Gasteiger partial charge in [-0.25, -0.2) is 0 Å². The van der Waals surface area contributed by atoms with Crippen LogP contribution < -0.4 is 10.1 Å². The molecule has 1 amide bonds. The molecule has 144 valence electrons. The molecule has 4 heteroatoms. The Morgan fingerprint density at radius 3 is 2.30 bits per heavy atom. The van der Waals surface area contributed by atoms with Gasteiger partial charge in [-0.1, -0.05) is 39.8 Å². The standard InChI is InChI=1S/C23H29NO3/c1-15(16-8-7-9-20(13-16)27-6)17-10-18(21(25)14-23(2,3)4)12-19(11-17)22(26)24-5/h7-13,15H,14H2,1-6H3,(H,24,26). The van der Waals surface area contributed by atoms with E-state index in [1.165, 1.54) is 0 Å². The van der Waals surface area contributed by atoms with Crippen molar-refractivity contribution in [3.8, 4) is 5.75 Å². The van der Waals surface area contributed by atoms with Crippen LogP contribution in [0.15, 0.2) is 42.5 Å². The second-order valence-corrected chi connectivity index (χ2v) is 8.08. The fraction of sp³-hybridized carbons (Fsp3) is 0.391. The van der Waals surface area contributed by atoms with Gasteiger partial charge in [-0.3, -0.25) is 9.59 Å². The summed E-state index contributed by atoms with van der Waals surface area (Å²) in [6.07, 6.45) is 0.428. The van der Waals surface area contributed by atoms with Crippen molar-refractivity contribution in [3.63, 3.8) is 0 Å². The number of ether oxygens (including phenoxy) is 1. The molecule has 2 rings (SSSR count). The normalized spacial score (nSPS) is 12.4. The zero-order chi connectivity index (χ0) is 20.2. The topological polar surface area (TPSA) is 55.4 Å². The second-order valence-electron chi connectivity index (χ2n) is 8.08. The van der Waals surface area contributed by atoms with E-state index in [-0.39, 0.29) is 23.0 Å². The van der Waals surface area contributed by atoms with Crippen molar-refractivity contribution in [2.75, 3.05) is 14.2 Å². The lowest BCUT2D eigenvalue weighted by Gasteiger charge is -2.19. The van der Waals surface area contributed by atoms with Gasteiger partial charge in [0.25, 0.3) is 5.91 Å². The molecule has 0 fully saturated rings. The number of carbonyl (C=O) groups excluding carboxylic acids is 2. The molecule has 0 aliphatic heterocycles. The summed E-state index contributed by atoms with van der Waals surface area (Å²) in [5, 5.41) is 2.65. The van der Waals surface area contributed by atoms with Crippen LogP contribution in [0.4, 0.5) is 0 Å². The molecule has 0 aliphatic carbocycles. The third-order valence-electron chi connectivity index (χ3n) is 4.55. The molecule has 0 heterocycles. The molecule has 2 aromatic carbocycles. The SMILES string of the molecule is CNC(=O)c1cc(C(=O)CC(C)(C)C)cc(C(C)c2cccc(OC)c2)c1. The maximum Gasteiger partial charge on any atom is 0.251 e. The molecule has 0 saturated heterocycles. The average Bonchev–Trinajstić information content (AvgIpc) is 2.65. The number of ketones is 1. The number of hydrogen-bond acceptors (Lipinski definition) is 3. The first-order valence-electron chi connectivity index (χ1n) is 9.19. The third-order valence-corrected chi connectivity index (χ3v) is 4.55. The summed E-state index contributed by atoms with van der Waals surface area (Å²) in [5.74, 6) is 0.656. The van der Waals surface area contributed by atoms with Crippen LogP contribution in [0.5, 0.6) is 5.75 Å². The summed E-state index contributed by atoms with van der Waals surface area (Å²) in [4.78, 5) is 25.0. The van der Waals surface area contributed by atoms with E-state index in [4.69, 9.17) is 4.74 Å². The summed E-state index contributed by atoms with van der Waals surface area (Å²) < 4.78 is 5.32. The molecule has 0 saturated carbocycles. The van der Waals surface area contributed by atoms with Crippen molar-refractivity contribution in [3.05, 3.63) is 64.7 Å². The third kappa shape index (κ3) is 5.43. The van der Waals surface area contributed by atoms with Gasteiger partial charge in [0.1, 0.15) is 5.75 Å². The highest BCUT2D eigenvalue weighted by atomic mass is 16.5. The van der Waals surface area contributed by atoms with Crippen LogP contribution in [0.2, 0.25) is 0 Å². The predicted octanol–water partition coefficient (Wildman–Crippen LogP) is 4.83. The molecule has 2 aromatic rings. The zero-order valence-corrected chi connectivity index (χ0v) is 17.1. The van der Waals surface area contributed by atoms with Crippen molar-refractivity contribution in [2.24, 2.45) is 5.41 Å². The molecule has 1 unspecified atom stereocenters. The zero-order valence-electron chi connectivity index (χ0n) is 17.1. The molecular weight excluding hydrogens is 338 g/mol. The molecule has 27 heavy (non-hydrogen) atoms. The van der Waals surface area contributed by atoms with E-state index in [2.05, 4.69) is 12.2 Å². The van der Waals surface area contributed by atoms with Crippen molar-refractivity contribution in [2.45, 2.75) is 40.0 Å². The lowest BCUT2D eigenvalue weighted by atomic mass is 9.85. The Labute approximate surface area is 161 Å². The van der Waals surface area contributed by atoms with E-state index in [9.17, 15) is 9.59 Å². The minimum atomic E-state index is -0.195. The molecule has 0 spiro atoms. The minimum absolute atomic E-state index is 0.0193. The average molecular weight is 367 g/mol. The van der Waals surface area contributed by atoms with Gasteiger partial charge < -0.3 is 10.1 Å². The van der Waals surface area contributed by atoms with Crippen LogP contribution in [-0.2, 0) is 0 Å². The van der Waals surface area contributed by atoms with E-state index in [1.807, 2.05) is 57.2 Å². The summed E-state index contributed by atoms with van der Waals surface area (Å²) in [7, 11) is 3.23.